The summed E-state index contributed by atoms with van der Waals surface area (Å²) in [5.74, 6) is 0. The van der Waals surface area contributed by atoms with Gasteiger partial charge in [-0.3, -0.25) is 0 Å². The van der Waals surface area contributed by atoms with E-state index < -0.39 is 21.0 Å². The van der Waals surface area contributed by atoms with Gasteiger partial charge in [0.1, 0.15) is 0 Å². The predicted octanol–water partition coefficient (Wildman–Crippen LogP) is -0.0895. The van der Waals surface area contributed by atoms with Gasteiger partial charge in [0, 0.05) is 0 Å². The SMILES string of the molecule is C[O][Sn+]([O]C)[O]C. The van der Waals surface area contributed by atoms with Gasteiger partial charge in [-0.05, 0) is 0 Å². The Labute approximate surface area is 51.9 Å². The molecule has 0 bridgehead atoms. The van der Waals surface area contributed by atoms with E-state index in [1.165, 1.54) is 0 Å². The van der Waals surface area contributed by atoms with Crippen LogP contribution < -0.4 is 0 Å². The molecule has 0 amide bonds. The van der Waals surface area contributed by atoms with Crippen molar-refractivity contribution in [1.29, 1.82) is 0 Å². The van der Waals surface area contributed by atoms with E-state index in [0.717, 1.165) is 0 Å². The molecule has 0 atom stereocenters. The Bertz CT molecular complexity index is 31.7. The molecule has 0 aromatic heterocycles. The molecule has 0 spiro atoms. The van der Waals surface area contributed by atoms with Crippen LogP contribution in [-0.2, 0) is 9.22 Å². The third-order valence-electron chi connectivity index (χ3n) is 0.500. The van der Waals surface area contributed by atoms with Crippen molar-refractivity contribution >= 4 is 21.0 Å². The second-order valence-electron chi connectivity index (χ2n) is 0.862. The van der Waals surface area contributed by atoms with Crippen molar-refractivity contribution in [1.82, 2.24) is 0 Å². The molecule has 7 heavy (non-hydrogen) atoms. The van der Waals surface area contributed by atoms with Crippen LogP contribution in [0.25, 0.3) is 0 Å². The Balaban J connectivity index is 2.99. The van der Waals surface area contributed by atoms with Gasteiger partial charge >= 0.3 is 51.6 Å². The summed E-state index contributed by atoms with van der Waals surface area (Å²) in [4.78, 5) is 0. The molecule has 0 fully saturated rings. The summed E-state index contributed by atoms with van der Waals surface area (Å²) < 4.78 is 14.4. The summed E-state index contributed by atoms with van der Waals surface area (Å²) in [7, 11) is 4.80. The van der Waals surface area contributed by atoms with E-state index >= 15 is 0 Å². The molecule has 0 rings (SSSR count). The molecule has 0 aromatic rings. The van der Waals surface area contributed by atoms with Crippen molar-refractivity contribution in [2.75, 3.05) is 21.3 Å². The van der Waals surface area contributed by atoms with Crippen LogP contribution in [-0.4, -0.2) is 42.3 Å². The van der Waals surface area contributed by atoms with Crippen molar-refractivity contribution in [3.8, 4) is 0 Å². The molecular weight excluding hydrogens is 203 g/mol. The van der Waals surface area contributed by atoms with Crippen molar-refractivity contribution in [2.45, 2.75) is 0 Å². The van der Waals surface area contributed by atoms with Gasteiger partial charge in [0.2, 0.25) is 0 Å². The van der Waals surface area contributed by atoms with Gasteiger partial charge in [0.05, 0.1) is 0 Å². The Morgan fingerprint density at radius 2 is 1.14 bits per heavy atom. The van der Waals surface area contributed by atoms with E-state index in [1.807, 2.05) is 0 Å². The summed E-state index contributed by atoms with van der Waals surface area (Å²) in [6, 6.07) is 0. The van der Waals surface area contributed by atoms with Gasteiger partial charge in [-0.25, -0.2) is 0 Å². The van der Waals surface area contributed by atoms with Crippen LogP contribution >= 0.6 is 0 Å². The quantitative estimate of drug-likeness (QED) is 0.611. The summed E-state index contributed by atoms with van der Waals surface area (Å²) in [6.07, 6.45) is 0. The predicted molar refractivity (Wildman–Crippen MR) is 26.8 cm³/mol. The molecule has 0 unspecified atom stereocenters. The second kappa shape index (κ2) is 4.83. The Morgan fingerprint density at radius 3 is 1.14 bits per heavy atom. The molecule has 0 aliphatic carbocycles. The first-order chi connectivity index (χ1) is 3.35. The van der Waals surface area contributed by atoms with Gasteiger partial charge in [-0.1, -0.05) is 0 Å². The van der Waals surface area contributed by atoms with Crippen LogP contribution in [0.5, 0.6) is 0 Å². The van der Waals surface area contributed by atoms with Crippen molar-refractivity contribution < 1.29 is 9.22 Å². The van der Waals surface area contributed by atoms with Gasteiger partial charge in [-0.2, -0.15) is 0 Å². The summed E-state index contributed by atoms with van der Waals surface area (Å²) in [5.41, 5.74) is 0. The first-order valence-electron chi connectivity index (χ1n) is 1.84. The maximum absolute atomic E-state index is 4.80. The first kappa shape index (κ1) is 7.68. The Morgan fingerprint density at radius 1 is 0.857 bits per heavy atom. The van der Waals surface area contributed by atoms with E-state index in [1.54, 1.807) is 21.3 Å². The molecule has 0 aliphatic rings. The number of rotatable bonds is 3. The molecule has 0 N–H and O–H groups in total. The molecule has 3 nitrogen and oxygen atoms in total. The van der Waals surface area contributed by atoms with E-state index in [2.05, 4.69) is 0 Å². The normalized spacial score (nSPS) is 9.00. The summed E-state index contributed by atoms with van der Waals surface area (Å²) in [5, 5.41) is 0. The zero-order valence-corrected chi connectivity index (χ0v) is 7.58. The molecule has 0 aliphatic heterocycles. The second-order valence-corrected chi connectivity index (χ2v) is 5.78. The number of hydrogen-bond acceptors (Lipinski definition) is 3. The zero-order chi connectivity index (χ0) is 5.70. The summed E-state index contributed by atoms with van der Waals surface area (Å²) in [6.45, 7) is 0. The molecular formula is C3H9O3Sn+. The third-order valence-corrected chi connectivity index (χ3v) is 3.35. The van der Waals surface area contributed by atoms with Crippen molar-refractivity contribution in [3.05, 3.63) is 0 Å². The number of hydrogen-bond donors (Lipinski definition) is 0. The van der Waals surface area contributed by atoms with Gasteiger partial charge in [0.25, 0.3) is 0 Å². The van der Waals surface area contributed by atoms with Gasteiger partial charge in [0.15, 0.2) is 0 Å². The van der Waals surface area contributed by atoms with Crippen LogP contribution in [0.3, 0.4) is 0 Å². The fourth-order valence-electron chi connectivity index (χ4n) is 0.250. The average Bonchev–Trinajstić information content (AvgIpc) is 1.72. The Kier molecular flexibility index (Phi) is 5.30. The van der Waals surface area contributed by atoms with Crippen LogP contribution in [0.4, 0.5) is 0 Å². The average molecular weight is 212 g/mol. The van der Waals surface area contributed by atoms with E-state index in [4.69, 9.17) is 9.22 Å². The topological polar surface area (TPSA) is 27.7 Å². The molecule has 0 radical (unpaired) electrons. The standard InChI is InChI=1S/3CH3O.Sn/c3*1-2;/h3*1H3;/q3*-1;+4. The van der Waals surface area contributed by atoms with Crippen LogP contribution in [0.1, 0.15) is 0 Å². The molecule has 0 saturated carbocycles. The molecule has 0 heterocycles. The van der Waals surface area contributed by atoms with Crippen LogP contribution in [0.15, 0.2) is 0 Å². The van der Waals surface area contributed by atoms with E-state index in [0.29, 0.717) is 0 Å². The fraction of sp³-hybridized carbons (Fsp3) is 1.00. The van der Waals surface area contributed by atoms with Gasteiger partial charge < -0.3 is 0 Å². The van der Waals surface area contributed by atoms with E-state index in [9.17, 15) is 0 Å². The maximum atomic E-state index is 4.80. The molecule has 4 heteroatoms. The van der Waals surface area contributed by atoms with Crippen molar-refractivity contribution in [2.24, 2.45) is 0 Å². The van der Waals surface area contributed by atoms with E-state index in [-0.39, 0.29) is 0 Å². The van der Waals surface area contributed by atoms with Crippen LogP contribution in [0.2, 0.25) is 0 Å². The zero-order valence-electron chi connectivity index (χ0n) is 4.72. The molecule has 42 valence electrons. The third kappa shape index (κ3) is 3.28. The minimum atomic E-state index is -2.15. The molecule has 0 saturated heterocycles. The Hall–Kier alpha value is 0.679. The molecule has 0 aromatic carbocycles. The first-order valence-corrected chi connectivity index (χ1v) is 5.33. The fourth-order valence-corrected chi connectivity index (χ4v) is 1.68. The summed E-state index contributed by atoms with van der Waals surface area (Å²) >= 11 is -2.15. The minimum absolute atomic E-state index is 1.60. The van der Waals surface area contributed by atoms with Crippen molar-refractivity contribution in [3.63, 3.8) is 0 Å². The van der Waals surface area contributed by atoms with Crippen LogP contribution in [0, 0.1) is 0 Å². The monoisotopic (exact) mass is 213 g/mol. The van der Waals surface area contributed by atoms with Gasteiger partial charge in [-0.15, -0.1) is 0 Å².